The third-order valence-corrected chi connectivity index (χ3v) is 7.58. The summed E-state index contributed by atoms with van der Waals surface area (Å²) in [5, 5.41) is 0. The van der Waals surface area contributed by atoms with Gasteiger partial charge >= 0.3 is 5.97 Å². The molecule has 0 bridgehead atoms. The molecule has 1 fully saturated rings. The number of carbonyl (C=O) groups excluding carboxylic acids is 3. The van der Waals surface area contributed by atoms with Gasteiger partial charge in [-0.1, -0.05) is 24.3 Å². The van der Waals surface area contributed by atoms with Gasteiger partial charge in [-0.3, -0.25) is 19.3 Å². The number of carbonyl (C=O) groups is 3. The molecule has 31 heavy (non-hydrogen) atoms. The van der Waals surface area contributed by atoms with Crippen LogP contribution in [0.3, 0.4) is 0 Å². The fraction of sp³-hybridized carbons (Fsp3) is 0.318. The van der Waals surface area contributed by atoms with Crippen LogP contribution in [0.5, 0.6) is 0 Å². The predicted octanol–water partition coefficient (Wildman–Crippen LogP) is 2.06. The summed E-state index contributed by atoms with van der Waals surface area (Å²) in [6.07, 6.45) is 1.18. The van der Waals surface area contributed by atoms with Crippen LogP contribution in [-0.2, 0) is 26.1 Å². The molecule has 1 saturated heterocycles. The largest absolute Gasteiger partial charge is 0.469 e. The smallest absolute Gasteiger partial charge is 0.309 e. The Balaban J connectivity index is 1.49. The van der Waals surface area contributed by atoms with E-state index in [0.29, 0.717) is 36.1 Å². The molecule has 4 rings (SSSR count). The Kier molecular flexibility index (Phi) is 5.63. The maximum atomic E-state index is 13.0. The second-order valence-corrected chi connectivity index (χ2v) is 9.55. The molecular formula is C22H22N2O6S. The second kappa shape index (κ2) is 8.24. The summed E-state index contributed by atoms with van der Waals surface area (Å²) in [7, 11) is -2.47. The molecule has 1 atom stereocenters. The first-order valence-electron chi connectivity index (χ1n) is 9.95. The highest BCUT2D eigenvalue weighted by atomic mass is 32.2. The van der Waals surface area contributed by atoms with Gasteiger partial charge in [0.25, 0.3) is 11.8 Å². The lowest BCUT2D eigenvalue weighted by molar-refractivity contribution is -0.146. The monoisotopic (exact) mass is 442 g/mol. The van der Waals surface area contributed by atoms with Crippen molar-refractivity contribution in [3.63, 3.8) is 0 Å². The minimum absolute atomic E-state index is 0.0564. The summed E-state index contributed by atoms with van der Waals surface area (Å²) < 4.78 is 32.1. The van der Waals surface area contributed by atoms with Gasteiger partial charge in [-0.2, -0.15) is 4.31 Å². The van der Waals surface area contributed by atoms with Gasteiger partial charge in [0.2, 0.25) is 10.0 Å². The van der Waals surface area contributed by atoms with E-state index < -0.39 is 21.9 Å². The van der Waals surface area contributed by atoms with Crippen LogP contribution < -0.4 is 0 Å². The van der Waals surface area contributed by atoms with E-state index in [0.717, 1.165) is 4.90 Å². The number of hydrogen-bond donors (Lipinski definition) is 0. The molecule has 2 aromatic rings. The maximum absolute atomic E-state index is 13.0. The second-order valence-electron chi connectivity index (χ2n) is 7.61. The van der Waals surface area contributed by atoms with E-state index in [1.807, 2.05) is 0 Å². The summed E-state index contributed by atoms with van der Waals surface area (Å²) in [6.45, 7) is 0.485. The molecule has 2 heterocycles. The van der Waals surface area contributed by atoms with Gasteiger partial charge in [0, 0.05) is 13.1 Å². The predicted molar refractivity (Wildman–Crippen MR) is 111 cm³/mol. The zero-order valence-corrected chi connectivity index (χ0v) is 17.8. The molecule has 0 spiro atoms. The normalized spacial score (nSPS) is 19.4. The zero-order valence-electron chi connectivity index (χ0n) is 17.0. The van der Waals surface area contributed by atoms with E-state index >= 15 is 0 Å². The van der Waals surface area contributed by atoms with E-state index in [-0.39, 0.29) is 29.8 Å². The number of methoxy groups -OCH3 is 1. The van der Waals surface area contributed by atoms with Crippen LogP contribution in [0.1, 0.15) is 39.1 Å². The van der Waals surface area contributed by atoms with Crippen LogP contribution in [0.25, 0.3) is 0 Å². The summed E-state index contributed by atoms with van der Waals surface area (Å²) in [5.74, 6) is -1.60. The van der Waals surface area contributed by atoms with Crippen molar-refractivity contribution in [3.05, 3.63) is 65.2 Å². The Labute approximate surface area is 180 Å². The van der Waals surface area contributed by atoms with Crippen LogP contribution in [0.4, 0.5) is 0 Å². The number of rotatable bonds is 5. The molecule has 8 nitrogen and oxygen atoms in total. The van der Waals surface area contributed by atoms with Crippen molar-refractivity contribution in [1.29, 1.82) is 0 Å². The van der Waals surface area contributed by atoms with E-state index in [2.05, 4.69) is 0 Å². The highest BCUT2D eigenvalue weighted by Crippen LogP contribution is 2.27. The van der Waals surface area contributed by atoms with Crippen molar-refractivity contribution >= 4 is 27.8 Å². The lowest BCUT2D eigenvalue weighted by Gasteiger charge is -2.30. The van der Waals surface area contributed by atoms with Crippen molar-refractivity contribution < 1.29 is 27.5 Å². The molecule has 2 aliphatic heterocycles. The summed E-state index contributed by atoms with van der Waals surface area (Å²) >= 11 is 0. The van der Waals surface area contributed by atoms with Crippen LogP contribution in [0.15, 0.2) is 53.4 Å². The van der Waals surface area contributed by atoms with Gasteiger partial charge in [-0.25, -0.2) is 8.42 Å². The quantitative estimate of drug-likeness (QED) is 0.519. The Morgan fingerprint density at radius 1 is 1.03 bits per heavy atom. The average molecular weight is 442 g/mol. The Bertz CT molecular complexity index is 1110. The molecule has 2 amide bonds. The van der Waals surface area contributed by atoms with Gasteiger partial charge in [-0.15, -0.1) is 0 Å². The number of fused-ring (bicyclic) bond motifs is 1. The molecule has 2 aliphatic rings. The highest BCUT2D eigenvalue weighted by molar-refractivity contribution is 7.89. The Hall–Kier alpha value is -3.04. The average Bonchev–Trinajstić information content (AvgIpc) is 3.04. The van der Waals surface area contributed by atoms with Gasteiger partial charge in [-0.05, 0) is 42.7 Å². The fourth-order valence-electron chi connectivity index (χ4n) is 4.00. The van der Waals surface area contributed by atoms with E-state index in [1.54, 1.807) is 36.4 Å². The van der Waals surface area contributed by atoms with Gasteiger partial charge in [0.05, 0.1) is 35.6 Å². The number of esters is 1. The molecule has 0 N–H and O–H groups in total. The maximum Gasteiger partial charge on any atom is 0.309 e. The van der Waals surface area contributed by atoms with Crippen LogP contribution in [0.2, 0.25) is 0 Å². The molecule has 2 aromatic carbocycles. The van der Waals surface area contributed by atoms with Crippen LogP contribution in [0, 0.1) is 5.92 Å². The van der Waals surface area contributed by atoms with Gasteiger partial charge in [0.15, 0.2) is 0 Å². The number of nitrogens with zero attached hydrogens (tertiary/aromatic N) is 2. The number of sulfonamides is 1. The molecule has 0 aliphatic carbocycles. The van der Waals surface area contributed by atoms with Gasteiger partial charge < -0.3 is 4.74 Å². The van der Waals surface area contributed by atoms with Gasteiger partial charge in [0.1, 0.15) is 0 Å². The van der Waals surface area contributed by atoms with Crippen molar-refractivity contribution in [1.82, 2.24) is 9.21 Å². The summed E-state index contributed by atoms with van der Waals surface area (Å²) in [4.78, 5) is 38.1. The number of hydrogen-bond acceptors (Lipinski definition) is 6. The van der Waals surface area contributed by atoms with Crippen molar-refractivity contribution in [2.75, 3.05) is 20.2 Å². The molecule has 1 unspecified atom stereocenters. The lowest BCUT2D eigenvalue weighted by Crippen LogP contribution is -2.42. The highest BCUT2D eigenvalue weighted by Gasteiger charge is 2.36. The molecular weight excluding hydrogens is 420 g/mol. The number of amides is 2. The summed E-state index contributed by atoms with van der Waals surface area (Å²) in [5.41, 5.74) is 1.38. The third kappa shape index (κ3) is 3.86. The van der Waals surface area contributed by atoms with E-state index in [9.17, 15) is 22.8 Å². The van der Waals surface area contributed by atoms with Crippen molar-refractivity contribution in [2.45, 2.75) is 24.3 Å². The number of ether oxygens (including phenoxy) is 1. The SMILES string of the molecule is COC(=O)C1CCCN(S(=O)(=O)c2ccc(CN3C(=O)c4ccccc4C3=O)cc2)C1. The number of imide groups is 1. The third-order valence-electron chi connectivity index (χ3n) is 5.70. The summed E-state index contributed by atoms with van der Waals surface area (Å²) in [6, 6.07) is 12.8. The standard InChI is InChI=1S/C22H22N2O6S/c1-30-22(27)16-5-4-12-23(14-16)31(28,29)17-10-8-15(9-11-17)13-24-20(25)18-6-2-3-7-19(18)21(24)26/h2-3,6-11,16H,4-5,12-14H2,1H3. The first kappa shape index (κ1) is 21.2. The first-order valence-corrected chi connectivity index (χ1v) is 11.4. The van der Waals surface area contributed by atoms with Crippen molar-refractivity contribution in [3.8, 4) is 0 Å². The first-order chi connectivity index (χ1) is 14.8. The Morgan fingerprint density at radius 3 is 2.23 bits per heavy atom. The molecule has 0 radical (unpaired) electrons. The molecule has 0 saturated carbocycles. The van der Waals surface area contributed by atoms with Crippen LogP contribution >= 0.6 is 0 Å². The molecule has 0 aromatic heterocycles. The van der Waals surface area contributed by atoms with Crippen molar-refractivity contribution in [2.24, 2.45) is 5.92 Å². The lowest BCUT2D eigenvalue weighted by atomic mass is 10.0. The molecule has 162 valence electrons. The Morgan fingerprint density at radius 2 is 1.65 bits per heavy atom. The van der Waals surface area contributed by atoms with Crippen LogP contribution in [-0.4, -0.2) is 55.6 Å². The fourth-order valence-corrected chi connectivity index (χ4v) is 5.52. The van der Waals surface area contributed by atoms with E-state index in [1.165, 1.54) is 23.5 Å². The topological polar surface area (TPSA) is 101 Å². The number of benzene rings is 2. The minimum Gasteiger partial charge on any atom is -0.469 e. The zero-order chi connectivity index (χ0) is 22.2. The number of piperidine rings is 1. The molecule has 9 heteroatoms. The minimum atomic E-state index is -3.77. The van der Waals surface area contributed by atoms with E-state index in [4.69, 9.17) is 4.74 Å².